The molecular formula is C25H24N4O2. The largest absolute Gasteiger partial charge is 0.370 e. The molecule has 3 aliphatic heterocycles. The molecule has 1 aliphatic carbocycles. The van der Waals surface area contributed by atoms with Crippen LogP contribution >= 0.6 is 0 Å². The maximum absolute atomic E-state index is 11.5. The smallest absolute Gasteiger partial charge is 0.235 e. The number of carbonyl (C=O) groups is 2. The van der Waals surface area contributed by atoms with Gasteiger partial charge in [-0.05, 0) is 54.2 Å². The first-order valence-electron chi connectivity index (χ1n) is 10.6. The topological polar surface area (TPSA) is 83.1 Å². The van der Waals surface area contributed by atoms with Gasteiger partial charge in [0.1, 0.15) is 5.82 Å². The number of carbonyl (C=O) groups excluding carboxylic acids is 2. The number of fused-ring (bicyclic) bond motifs is 4. The van der Waals surface area contributed by atoms with Crippen LogP contribution in [0, 0.1) is 0 Å². The van der Waals surface area contributed by atoms with Gasteiger partial charge >= 0.3 is 0 Å². The summed E-state index contributed by atoms with van der Waals surface area (Å²) in [5, 5.41) is 8.86. The Morgan fingerprint density at radius 1 is 0.806 bits per heavy atom. The predicted molar refractivity (Wildman–Crippen MR) is 121 cm³/mol. The van der Waals surface area contributed by atoms with Crippen molar-refractivity contribution in [2.45, 2.75) is 31.1 Å². The van der Waals surface area contributed by atoms with E-state index in [0.717, 1.165) is 48.6 Å². The van der Waals surface area contributed by atoms with Crippen LogP contribution < -0.4 is 16.0 Å². The molecule has 0 atom stereocenters. The Morgan fingerprint density at radius 3 is 2.32 bits per heavy atom. The zero-order valence-corrected chi connectivity index (χ0v) is 17.2. The lowest BCUT2D eigenvalue weighted by Crippen LogP contribution is -2.18. The minimum atomic E-state index is -0.114. The normalized spacial score (nSPS) is 17.5. The van der Waals surface area contributed by atoms with Gasteiger partial charge in [-0.15, -0.1) is 0 Å². The molecule has 4 heterocycles. The zero-order valence-electron chi connectivity index (χ0n) is 17.2. The van der Waals surface area contributed by atoms with Crippen LogP contribution in [-0.2, 0) is 27.8 Å². The minimum absolute atomic E-state index is 0.0983. The average molecular weight is 412 g/mol. The lowest BCUT2D eigenvalue weighted by molar-refractivity contribution is -0.118. The van der Waals surface area contributed by atoms with E-state index in [4.69, 9.17) is 0 Å². The van der Waals surface area contributed by atoms with Crippen molar-refractivity contribution in [2.75, 3.05) is 22.5 Å². The summed E-state index contributed by atoms with van der Waals surface area (Å²) in [6.45, 7) is 1.05. The van der Waals surface area contributed by atoms with Crippen LogP contribution in [0.3, 0.4) is 0 Å². The number of rotatable bonds is 0. The molecule has 3 aromatic rings. The van der Waals surface area contributed by atoms with Gasteiger partial charge in [-0.2, -0.15) is 0 Å². The Bertz CT molecular complexity index is 1100. The molecular weight excluding hydrogens is 388 g/mol. The average Bonchev–Trinajstić information content (AvgIpc) is 3.16. The minimum Gasteiger partial charge on any atom is -0.370 e. The quantitative estimate of drug-likeness (QED) is 0.523. The highest BCUT2D eigenvalue weighted by molar-refractivity contribution is 6.08. The second-order valence-electron chi connectivity index (χ2n) is 8.15. The van der Waals surface area contributed by atoms with E-state index >= 15 is 0 Å². The summed E-state index contributed by atoms with van der Waals surface area (Å²) in [7, 11) is 0. The Labute approximate surface area is 181 Å². The molecule has 2 amide bonds. The van der Waals surface area contributed by atoms with Gasteiger partial charge < -0.3 is 16.0 Å². The third kappa shape index (κ3) is 3.77. The first kappa shape index (κ1) is 19.3. The SMILES string of the molecule is O=C1Cc2ccccc2N1.O=C1Nc2ccccc2C12CC2.c1cnc2c(c1)CCN2. The molecule has 0 unspecified atom stereocenters. The lowest BCUT2D eigenvalue weighted by Gasteiger charge is -2.01. The van der Waals surface area contributed by atoms with E-state index in [1.54, 1.807) is 0 Å². The monoisotopic (exact) mass is 412 g/mol. The van der Waals surface area contributed by atoms with Crippen molar-refractivity contribution in [3.05, 3.63) is 83.6 Å². The fourth-order valence-electron chi connectivity index (χ4n) is 4.27. The Morgan fingerprint density at radius 2 is 1.55 bits per heavy atom. The number of pyridine rings is 1. The van der Waals surface area contributed by atoms with Gasteiger partial charge in [-0.1, -0.05) is 42.5 Å². The van der Waals surface area contributed by atoms with Gasteiger partial charge in [-0.3, -0.25) is 9.59 Å². The Hall–Kier alpha value is -3.67. The van der Waals surface area contributed by atoms with E-state index in [0.29, 0.717) is 6.42 Å². The molecule has 0 bridgehead atoms. The van der Waals surface area contributed by atoms with E-state index in [1.807, 2.05) is 54.7 Å². The van der Waals surface area contributed by atoms with Crippen LogP contribution in [0.5, 0.6) is 0 Å². The second kappa shape index (κ2) is 7.87. The van der Waals surface area contributed by atoms with Crippen LogP contribution in [0.1, 0.15) is 29.5 Å². The van der Waals surface area contributed by atoms with Gasteiger partial charge in [-0.25, -0.2) is 4.98 Å². The molecule has 0 saturated heterocycles. The zero-order chi connectivity index (χ0) is 21.3. The molecule has 6 nitrogen and oxygen atoms in total. The van der Waals surface area contributed by atoms with Crippen LogP contribution in [0.2, 0.25) is 0 Å². The Balaban J connectivity index is 0.000000100. The first-order chi connectivity index (χ1) is 15.2. The summed E-state index contributed by atoms with van der Waals surface area (Å²) in [6, 6.07) is 19.8. The highest BCUT2D eigenvalue weighted by Crippen LogP contribution is 2.54. The standard InChI is InChI=1S/C10H9NO.C8H7NO.C7H8N2/c12-9-10(5-6-10)7-3-1-2-4-8(7)11-9;10-8-5-6-3-1-2-4-7(6)9-8;1-2-6-3-5-9-7(6)8-4-1/h1-4H,5-6H2,(H,11,12);1-4H,5H2,(H,9,10);1-2,4H,3,5H2,(H,8,9). The van der Waals surface area contributed by atoms with E-state index in [9.17, 15) is 9.59 Å². The third-order valence-corrected chi connectivity index (χ3v) is 6.10. The number of amides is 2. The maximum Gasteiger partial charge on any atom is 0.235 e. The molecule has 1 saturated carbocycles. The van der Waals surface area contributed by atoms with Crippen LogP contribution in [-0.4, -0.2) is 23.3 Å². The molecule has 0 radical (unpaired) electrons. The number of hydrogen-bond acceptors (Lipinski definition) is 4. The molecule has 7 rings (SSSR count). The van der Waals surface area contributed by atoms with Gasteiger partial charge in [0.25, 0.3) is 0 Å². The molecule has 2 aromatic carbocycles. The second-order valence-corrected chi connectivity index (χ2v) is 8.15. The van der Waals surface area contributed by atoms with Crippen molar-refractivity contribution < 1.29 is 9.59 Å². The van der Waals surface area contributed by atoms with Crippen molar-refractivity contribution in [3.63, 3.8) is 0 Å². The molecule has 3 N–H and O–H groups in total. The summed E-state index contributed by atoms with van der Waals surface area (Å²) in [6.07, 6.45) is 5.53. The van der Waals surface area contributed by atoms with Gasteiger partial charge in [0.2, 0.25) is 11.8 Å². The number of para-hydroxylation sites is 2. The highest BCUT2D eigenvalue weighted by atomic mass is 16.2. The third-order valence-electron chi connectivity index (χ3n) is 6.10. The van der Waals surface area contributed by atoms with Gasteiger partial charge in [0.15, 0.2) is 0 Å². The highest BCUT2D eigenvalue weighted by Gasteiger charge is 2.55. The van der Waals surface area contributed by atoms with Crippen molar-refractivity contribution in [1.82, 2.24) is 4.98 Å². The first-order valence-corrected chi connectivity index (χ1v) is 10.6. The number of nitrogens with zero attached hydrogens (tertiary/aromatic N) is 1. The molecule has 4 aliphatic rings. The van der Waals surface area contributed by atoms with Crippen molar-refractivity contribution >= 4 is 29.0 Å². The molecule has 156 valence electrons. The van der Waals surface area contributed by atoms with Crippen molar-refractivity contribution in [3.8, 4) is 0 Å². The van der Waals surface area contributed by atoms with Gasteiger partial charge in [0, 0.05) is 24.1 Å². The maximum atomic E-state index is 11.5. The number of anilines is 3. The fraction of sp³-hybridized carbons (Fsp3) is 0.240. The molecule has 6 heteroatoms. The molecule has 1 spiro atoms. The number of hydrogen-bond donors (Lipinski definition) is 3. The van der Waals surface area contributed by atoms with Crippen molar-refractivity contribution in [1.29, 1.82) is 0 Å². The number of benzene rings is 2. The summed E-state index contributed by atoms with van der Waals surface area (Å²) >= 11 is 0. The fourth-order valence-corrected chi connectivity index (χ4v) is 4.27. The van der Waals surface area contributed by atoms with E-state index in [-0.39, 0.29) is 17.2 Å². The van der Waals surface area contributed by atoms with Crippen LogP contribution in [0.4, 0.5) is 17.2 Å². The number of aromatic nitrogens is 1. The van der Waals surface area contributed by atoms with Crippen LogP contribution in [0.15, 0.2) is 66.9 Å². The van der Waals surface area contributed by atoms with Gasteiger partial charge in [0.05, 0.1) is 11.8 Å². The Kier molecular flexibility index (Phi) is 4.90. The summed E-state index contributed by atoms with van der Waals surface area (Å²) in [4.78, 5) is 26.4. The number of nitrogens with one attached hydrogen (secondary N) is 3. The molecule has 31 heavy (non-hydrogen) atoms. The summed E-state index contributed by atoms with van der Waals surface area (Å²) in [5.41, 5.74) is 5.52. The van der Waals surface area contributed by atoms with Crippen LogP contribution in [0.25, 0.3) is 0 Å². The lowest BCUT2D eigenvalue weighted by atomic mass is 9.98. The van der Waals surface area contributed by atoms with E-state index in [2.05, 4.69) is 33.1 Å². The van der Waals surface area contributed by atoms with E-state index < -0.39 is 0 Å². The van der Waals surface area contributed by atoms with Crippen molar-refractivity contribution in [2.24, 2.45) is 0 Å². The summed E-state index contributed by atoms with van der Waals surface area (Å²) < 4.78 is 0. The molecule has 1 aromatic heterocycles. The predicted octanol–water partition coefficient (Wildman–Crippen LogP) is 3.90. The molecule has 1 fully saturated rings. The summed E-state index contributed by atoms with van der Waals surface area (Å²) in [5.74, 6) is 1.36. The van der Waals surface area contributed by atoms with E-state index in [1.165, 1.54) is 11.1 Å².